The van der Waals surface area contributed by atoms with Crippen LogP contribution in [0.3, 0.4) is 0 Å². The van der Waals surface area contributed by atoms with E-state index in [1.54, 1.807) is 18.3 Å². The monoisotopic (exact) mass is 387 g/mol. The highest BCUT2D eigenvalue weighted by Gasteiger charge is 2.58. The Labute approximate surface area is 165 Å². The Balaban J connectivity index is 1.36. The van der Waals surface area contributed by atoms with Crippen molar-refractivity contribution in [3.8, 4) is 0 Å². The number of piperidine rings is 1. The van der Waals surface area contributed by atoms with Gasteiger partial charge in [0, 0.05) is 31.6 Å². The molecule has 5 nitrogen and oxygen atoms in total. The van der Waals surface area contributed by atoms with Crippen molar-refractivity contribution in [2.45, 2.75) is 65.6 Å². The Morgan fingerprint density at radius 1 is 1.44 bits per heavy atom. The van der Waals surface area contributed by atoms with Crippen LogP contribution >= 0.6 is 11.3 Å². The minimum Gasteiger partial charge on any atom is -0.361 e. The van der Waals surface area contributed by atoms with Crippen LogP contribution in [0.1, 0.15) is 55.7 Å². The van der Waals surface area contributed by atoms with Gasteiger partial charge in [0.05, 0.1) is 5.69 Å². The molecule has 1 aliphatic heterocycles. The Kier molecular flexibility index (Phi) is 5.12. The summed E-state index contributed by atoms with van der Waals surface area (Å²) in [6, 6.07) is 2.55. The summed E-state index contributed by atoms with van der Waals surface area (Å²) >= 11 is 1.70. The van der Waals surface area contributed by atoms with Crippen LogP contribution in [-0.4, -0.2) is 40.0 Å². The summed E-state index contributed by atoms with van der Waals surface area (Å²) in [5.74, 6) is 1.16. The van der Waals surface area contributed by atoms with Gasteiger partial charge in [-0.3, -0.25) is 9.69 Å². The second kappa shape index (κ2) is 7.40. The predicted molar refractivity (Wildman–Crippen MR) is 107 cm³/mol. The van der Waals surface area contributed by atoms with Gasteiger partial charge in [-0.1, -0.05) is 12.1 Å². The Hall–Kier alpha value is -1.66. The Morgan fingerprint density at radius 3 is 2.85 bits per heavy atom. The van der Waals surface area contributed by atoms with E-state index in [1.807, 2.05) is 6.92 Å². The number of aromatic nitrogens is 1. The topological polar surface area (TPSA) is 49.6 Å². The van der Waals surface area contributed by atoms with E-state index in [0.717, 1.165) is 50.5 Å². The molecular formula is C21H29N3O2S. The number of nitrogens with zero attached hydrogens (tertiary/aromatic N) is 3. The average molecular weight is 388 g/mol. The number of rotatable bonds is 6. The van der Waals surface area contributed by atoms with Crippen LogP contribution in [0.25, 0.3) is 0 Å². The summed E-state index contributed by atoms with van der Waals surface area (Å²) in [4.78, 5) is 16.9. The van der Waals surface area contributed by atoms with Gasteiger partial charge in [0.15, 0.2) is 0 Å². The largest absolute Gasteiger partial charge is 0.361 e. The van der Waals surface area contributed by atoms with Crippen LogP contribution in [0.5, 0.6) is 0 Å². The number of hydrogen-bond donors (Lipinski definition) is 0. The fraction of sp³-hybridized carbons (Fsp3) is 0.619. The third-order valence-electron chi connectivity index (χ3n) is 6.49. The Bertz CT molecular complexity index is 790. The fourth-order valence-electron chi connectivity index (χ4n) is 4.62. The number of amides is 1. The molecule has 1 spiro atoms. The van der Waals surface area contributed by atoms with Crippen LogP contribution in [-0.2, 0) is 24.3 Å². The molecule has 2 aromatic rings. The molecule has 1 amide bonds. The molecular weight excluding hydrogens is 358 g/mol. The molecule has 0 bridgehead atoms. The van der Waals surface area contributed by atoms with Crippen molar-refractivity contribution < 1.29 is 9.32 Å². The van der Waals surface area contributed by atoms with Gasteiger partial charge in [-0.25, -0.2) is 0 Å². The van der Waals surface area contributed by atoms with Gasteiger partial charge in [-0.05, 0) is 73.5 Å². The standard InChI is InChI=1S/C21H29N3O2S/c1-4-19-18(15(2)26-22-19)13-23-8-6-21(7-9-23)11-20(21)24(16(3)25)12-17-5-10-27-14-17/h5,10,14,20H,4,6-9,11-13H2,1-3H3/t20-/m1/s1. The van der Waals surface area contributed by atoms with Gasteiger partial charge in [0.25, 0.3) is 0 Å². The normalized spacial score (nSPS) is 21.5. The first-order chi connectivity index (χ1) is 13.0. The maximum absolute atomic E-state index is 12.3. The number of carbonyl (C=O) groups is 1. The highest BCUT2D eigenvalue weighted by molar-refractivity contribution is 7.07. The van der Waals surface area contributed by atoms with E-state index in [-0.39, 0.29) is 5.91 Å². The molecule has 0 N–H and O–H groups in total. The van der Waals surface area contributed by atoms with Gasteiger partial charge >= 0.3 is 0 Å². The third-order valence-corrected chi connectivity index (χ3v) is 7.23. The number of aryl methyl sites for hydroxylation is 2. The predicted octanol–water partition coefficient (Wildman–Crippen LogP) is 4.01. The molecule has 2 aliphatic rings. The third kappa shape index (κ3) is 3.69. The highest BCUT2D eigenvalue weighted by Crippen LogP contribution is 2.57. The SMILES string of the molecule is CCc1noc(C)c1CN1CCC2(CC1)C[C@H]2N(Cc1ccsc1)C(C)=O. The first kappa shape index (κ1) is 18.7. The zero-order valence-corrected chi connectivity index (χ0v) is 17.3. The van der Waals surface area contributed by atoms with Crippen molar-refractivity contribution in [2.24, 2.45) is 5.41 Å². The van der Waals surface area contributed by atoms with Crippen LogP contribution in [0.15, 0.2) is 21.3 Å². The summed E-state index contributed by atoms with van der Waals surface area (Å²) in [6.07, 6.45) is 4.44. The summed E-state index contributed by atoms with van der Waals surface area (Å²) in [5, 5.41) is 8.43. The fourth-order valence-corrected chi connectivity index (χ4v) is 5.28. The van der Waals surface area contributed by atoms with E-state index >= 15 is 0 Å². The number of carbonyl (C=O) groups excluding carboxylic acids is 1. The average Bonchev–Trinajstić information content (AvgIpc) is 2.99. The molecule has 27 heavy (non-hydrogen) atoms. The molecule has 146 valence electrons. The highest BCUT2D eigenvalue weighted by atomic mass is 32.1. The quantitative estimate of drug-likeness (QED) is 0.751. The molecule has 0 aromatic carbocycles. The molecule has 6 heteroatoms. The molecule has 4 rings (SSSR count). The zero-order valence-electron chi connectivity index (χ0n) is 16.5. The molecule has 1 aliphatic carbocycles. The van der Waals surface area contributed by atoms with E-state index < -0.39 is 0 Å². The van der Waals surface area contributed by atoms with Crippen molar-refractivity contribution in [3.63, 3.8) is 0 Å². The number of likely N-dealkylation sites (tertiary alicyclic amines) is 1. The van der Waals surface area contributed by atoms with E-state index in [2.05, 4.69) is 38.7 Å². The van der Waals surface area contributed by atoms with E-state index in [9.17, 15) is 4.79 Å². The summed E-state index contributed by atoms with van der Waals surface area (Å²) in [5.41, 5.74) is 3.96. The first-order valence-electron chi connectivity index (χ1n) is 9.97. The number of hydrogen-bond acceptors (Lipinski definition) is 5. The van der Waals surface area contributed by atoms with Gasteiger partial charge in [0.1, 0.15) is 5.76 Å². The minimum atomic E-state index is 0.207. The van der Waals surface area contributed by atoms with E-state index in [1.165, 1.54) is 24.0 Å². The zero-order chi connectivity index (χ0) is 19.0. The van der Waals surface area contributed by atoms with Crippen LogP contribution in [0, 0.1) is 12.3 Å². The first-order valence-corrected chi connectivity index (χ1v) is 10.9. The molecule has 1 saturated heterocycles. The second-order valence-corrected chi connectivity index (χ2v) is 8.93. The van der Waals surface area contributed by atoms with Crippen molar-refractivity contribution in [3.05, 3.63) is 39.4 Å². The molecule has 1 atom stereocenters. The van der Waals surface area contributed by atoms with Crippen molar-refractivity contribution in [1.29, 1.82) is 0 Å². The molecule has 3 heterocycles. The molecule has 2 aromatic heterocycles. The van der Waals surface area contributed by atoms with E-state index in [4.69, 9.17) is 4.52 Å². The lowest BCUT2D eigenvalue weighted by Crippen LogP contribution is -2.39. The maximum atomic E-state index is 12.3. The Morgan fingerprint density at radius 2 is 2.22 bits per heavy atom. The van der Waals surface area contributed by atoms with Gasteiger partial charge < -0.3 is 9.42 Å². The lowest BCUT2D eigenvalue weighted by atomic mass is 9.91. The molecule has 1 saturated carbocycles. The molecule has 0 radical (unpaired) electrons. The van der Waals surface area contributed by atoms with Gasteiger partial charge in [0.2, 0.25) is 5.91 Å². The van der Waals surface area contributed by atoms with Crippen molar-refractivity contribution in [2.75, 3.05) is 13.1 Å². The summed E-state index contributed by atoms with van der Waals surface area (Å²) in [6.45, 7) is 9.74. The van der Waals surface area contributed by atoms with Crippen LogP contribution < -0.4 is 0 Å². The van der Waals surface area contributed by atoms with Gasteiger partial charge in [-0.15, -0.1) is 0 Å². The number of thiophene rings is 1. The lowest BCUT2D eigenvalue weighted by Gasteiger charge is -2.34. The van der Waals surface area contributed by atoms with Crippen LogP contribution in [0.4, 0.5) is 0 Å². The smallest absolute Gasteiger partial charge is 0.220 e. The lowest BCUT2D eigenvalue weighted by molar-refractivity contribution is -0.130. The van der Waals surface area contributed by atoms with E-state index in [0.29, 0.717) is 11.5 Å². The molecule has 2 fully saturated rings. The van der Waals surface area contributed by atoms with Crippen LogP contribution in [0.2, 0.25) is 0 Å². The molecule has 0 unspecified atom stereocenters. The summed E-state index contributed by atoms with van der Waals surface area (Å²) in [7, 11) is 0. The second-order valence-electron chi connectivity index (χ2n) is 8.15. The summed E-state index contributed by atoms with van der Waals surface area (Å²) < 4.78 is 5.39. The maximum Gasteiger partial charge on any atom is 0.220 e. The van der Waals surface area contributed by atoms with Crippen molar-refractivity contribution >= 4 is 17.2 Å². The minimum absolute atomic E-state index is 0.207. The van der Waals surface area contributed by atoms with Crippen molar-refractivity contribution in [1.82, 2.24) is 15.0 Å². The van der Waals surface area contributed by atoms with Gasteiger partial charge in [-0.2, -0.15) is 11.3 Å².